The number of hydrogen-bond acceptors (Lipinski definition) is 8. The van der Waals surface area contributed by atoms with Crippen molar-refractivity contribution in [2.45, 2.75) is 44.1 Å². The first-order valence-corrected chi connectivity index (χ1v) is 14.7. The van der Waals surface area contributed by atoms with E-state index in [4.69, 9.17) is 4.74 Å². The summed E-state index contributed by atoms with van der Waals surface area (Å²) in [6.07, 6.45) is -0.328. The Morgan fingerprint density at radius 3 is 2.69 bits per heavy atom. The molecule has 1 amide bonds. The van der Waals surface area contributed by atoms with Gasteiger partial charge in [0.1, 0.15) is 6.17 Å². The molecule has 1 saturated heterocycles. The fraction of sp³-hybridized carbons (Fsp3) is 0.583. The average molecular weight is 567 g/mol. The van der Waals surface area contributed by atoms with E-state index in [1.807, 2.05) is 38.1 Å². The first-order valence-electron chi connectivity index (χ1n) is 12.2. The van der Waals surface area contributed by atoms with Gasteiger partial charge in [-0.1, -0.05) is 0 Å². The van der Waals surface area contributed by atoms with E-state index in [1.54, 1.807) is 0 Å². The number of carbonyl (C=O) groups is 3. The molecule has 1 fully saturated rings. The van der Waals surface area contributed by atoms with Crippen LogP contribution in [0.4, 0.5) is 20.6 Å². The van der Waals surface area contributed by atoms with Crippen LogP contribution in [0.5, 0.6) is 0 Å². The summed E-state index contributed by atoms with van der Waals surface area (Å²) in [6, 6.07) is 6.76. The molecule has 1 aromatic carbocycles. The molecule has 0 radical (unpaired) electrons. The number of nitrogens with one attached hydrogen (secondary N) is 3. The number of aliphatic imine (C=N–C) groups is 1. The van der Waals surface area contributed by atoms with Crippen molar-refractivity contribution in [2.24, 2.45) is 16.8 Å². The molecule has 0 saturated carbocycles. The molecule has 10 nitrogen and oxygen atoms in total. The number of carboxylic acid groups (broad SMARTS) is 1. The van der Waals surface area contributed by atoms with Gasteiger partial charge in [-0.25, -0.2) is 4.39 Å². The molecule has 0 aromatic heterocycles. The minimum atomic E-state index is -1.20. The number of benzene rings is 1. The van der Waals surface area contributed by atoms with E-state index in [1.165, 1.54) is 0 Å². The second-order valence-corrected chi connectivity index (χ2v) is 12.0. The number of carbonyl (C=O) groups excluding carboxylic acids is 2. The quantitative estimate of drug-likeness (QED) is 0.315. The molecule has 2 aliphatic heterocycles. The third-order valence-electron chi connectivity index (χ3n) is 5.90. The first kappa shape index (κ1) is 27.8. The molecule has 0 aliphatic carbocycles. The van der Waals surface area contributed by atoms with Gasteiger partial charge in [-0.3, -0.25) is 0 Å². The van der Waals surface area contributed by atoms with Crippen LogP contribution in [-0.2, 0) is 14.3 Å². The Morgan fingerprint density at radius 1 is 1.31 bits per heavy atom. The second kappa shape index (κ2) is 13.5. The molecule has 2 unspecified atom stereocenters. The average Bonchev–Trinajstić information content (AvgIpc) is 2.86. The van der Waals surface area contributed by atoms with Gasteiger partial charge in [0.15, 0.2) is 0 Å². The van der Waals surface area contributed by atoms with E-state index in [0.717, 1.165) is 24.5 Å². The standard InChI is InChI=1S/C24H35AsFN5O5/c1-15(2)14-36-24(35)30-20(22(33)34)11-25-21(32)16-6-8-31(9-7-16)19-5-3-4-18(10-19)29-23-27-12-17(26)13-28-23/h3-5,10,15-17,20,25H,6-9,11-14H2,1-2H3,(H,30,35)(H,33,34)(H2,27,28,29)/t20-/m1/s1. The van der Waals surface area contributed by atoms with Crippen molar-refractivity contribution in [2.75, 3.05) is 43.0 Å². The van der Waals surface area contributed by atoms with Crippen molar-refractivity contribution >= 4 is 49.7 Å². The number of alkyl halides is 1. The van der Waals surface area contributed by atoms with Crippen LogP contribution in [0.25, 0.3) is 0 Å². The van der Waals surface area contributed by atoms with Crippen molar-refractivity contribution < 1.29 is 28.6 Å². The van der Waals surface area contributed by atoms with Crippen LogP contribution in [0.1, 0.15) is 26.7 Å². The minimum absolute atomic E-state index is 0.0839. The fourth-order valence-electron chi connectivity index (χ4n) is 3.89. The van der Waals surface area contributed by atoms with E-state index >= 15 is 0 Å². The number of nitrogens with zero attached hydrogens (tertiary/aromatic N) is 2. The monoisotopic (exact) mass is 567 g/mol. The van der Waals surface area contributed by atoms with Crippen LogP contribution < -0.4 is 20.9 Å². The topological polar surface area (TPSA) is 132 Å². The summed E-state index contributed by atoms with van der Waals surface area (Å²) in [5.41, 5.74) is 1.87. The molecule has 0 bridgehead atoms. The Balaban J connectivity index is 1.45. The van der Waals surface area contributed by atoms with Gasteiger partial charge in [-0.2, -0.15) is 0 Å². The maximum atomic E-state index is 13.2. The molecule has 4 N–H and O–H groups in total. The molecular weight excluding hydrogens is 532 g/mol. The number of amides is 1. The van der Waals surface area contributed by atoms with Gasteiger partial charge in [-0.15, -0.1) is 0 Å². The molecule has 198 valence electrons. The number of halogens is 1. The Bertz CT molecular complexity index is 955. The molecule has 3 atom stereocenters. The predicted molar refractivity (Wildman–Crippen MR) is 138 cm³/mol. The van der Waals surface area contributed by atoms with Crippen LogP contribution in [-0.4, -0.2) is 88.5 Å². The summed E-state index contributed by atoms with van der Waals surface area (Å²) in [4.78, 5) is 42.5. The van der Waals surface area contributed by atoms with Crippen molar-refractivity contribution in [3.05, 3.63) is 24.3 Å². The summed E-state index contributed by atoms with van der Waals surface area (Å²) in [5, 5.41) is 18.1. The first-order chi connectivity index (χ1) is 17.2. The zero-order valence-electron chi connectivity index (χ0n) is 20.6. The third-order valence-corrected chi connectivity index (χ3v) is 8.77. The van der Waals surface area contributed by atoms with Gasteiger partial charge in [0.2, 0.25) is 0 Å². The Kier molecular flexibility index (Phi) is 10.4. The normalized spacial score (nSPS) is 19.5. The molecule has 2 heterocycles. The molecule has 2 aliphatic rings. The van der Waals surface area contributed by atoms with Crippen molar-refractivity contribution in [1.29, 1.82) is 0 Å². The number of guanidine groups is 1. The molecule has 3 rings (SSSR count). The van der Waals surface area contributed by atoms with E-state index in [-0.39, 0.29) is 41.3 Å². The number of aliphatic carboxylic acids is 1. The van der Waals surface area contributed by atoms with Gasteiger partial charge in [-0.05, 0) is 0 Å². The van der Waals surface area contributed by atoms with Gasteiger partial charge in [0.25, 0.3) is 0 Å². The Morgan fingerprint density at radius 2 is 2.06 bits per heavy atom. The van der Waals surface area contributed by atoms with Crippen LogP contribution in [0, 0.1) is 11.8 Å². The third kappa shape index (κ3) is 8.69. The Labute approximate surface area is 217 Å². The van der Waals surface area contributed by atoms with E-state index in [9.17, 15) is 23.9 Å². The number of rotatable bonds is 10. The molecule has 1 aromatic rings. The van der Waals surface area contributed by atoms with Gasteiger partial charge in [0, 0.05) is 0 Å². The molecule has 0 spiro atoms. The van der Waals surface area contributed by atoms with Crippen LogP contribution in [0.15, 0.2) is 29.3 Å². The summed E-state index contributed by atoms with van der Waals surface area (Å²) in [6.45, 7) is 5.80. The van der Waals surface area contributed by atoms with E-state index in [0.29, 0.717) is 18.8 Å². The SMILES string of the molecule is CC(C)COC(=O)N[C@H](C[AsH]C(=O)C1CCN(c2cccc(NC3=NCC(F)CN3)c2)CC1)C(=O)O. The fourth-order valence-corrected chi connectivity index (χ4v) is 6.53. The van der Waals surface area contributed by atoms with Crippen LogP contribution in [0.2, 0.25) is 5.21 Å². The van der Waals surface area contributed by atoms with Crippen molar-refractivity contribution in [3.63, 3.8) is 0 Å². The maximum absolute atomic E-state index is 13.2. The Hall–Kier alpha value is -2.81. The van der Waals surface area contributed by atoms with E-state index < -0.39 is 40.0 Å². The van der Waals surface area contributed by atoms with E-state index in [2.05, 4.69) is 25.8 Å². The summed E-state index contributed by atoms with van der Waals surface area (Å²) in [5.74, 6) is -0.542. The molecular formula is C24H35AsFN5O5. The van der Waals surface area contributed by atoms with Gasteiger partial charge >= 0.3 is 207 Å². The summed E-state index contributed by atoms with van der Waals surface area (Å²) in [7, 11) is 0. The van der Waals surface area contributed by atoms with Crippen LogP contribution >= 0.6 is 0 Å². The zero-order valence-corrected chi connectivity index (χ0v) is 22.7. The van der Waals surface area contributed by atoms with Gasteiger partial charge < -0.3 is 0 Å². The number of anilines is 2. The van der Waals surface area contributed by atoms with Crippen LogP contribution in [0.3, 0.4) is 0 Å². The number of alkyl carbamates (subject to hydrolysis) is 1. The summed E-state index contributed by atoms with van der Waals surface area (Å²) >= 11 is -1.20. The second-order valence-electron chi connectivity index (χ2n) is 9.38. The zero-order chi connectivity index (χ0) is 26.1. The van der Waals surface area contributed by atoms with Crippen molar-refractivity contribution in [1.82, 2.24) is 10.6 Å². The number of piperidine rings is 1. The summed E-state index contributed by atoms with van der Waals surface area (Å²) < 4.78 is 18.4. The van der Waals surface area contributed by atoms with Gasteiger partial charge in [0.05, 0.1) is 0 Å². The van der Waals surface area contributed by atoms with Crippen molar-refractivity contribution in [3.8, 4) is 0 Å². The number of ether oxygens (including phenoxy) is 1. The number of carboxylic acids is 1. The number of hydrogen-bond donors (Lipinski definition) is 4. The molecule has 36 heavy (non-hydrogen) atoms. The molecule has 12 heteroatoms. The predicted octanol–water partition coefficient (Wildman–Crippen LogP) is 1.83.